The standard InChI is InChI=1S/C20H37N3O2S/c1-13(2)23(26(10,24)25)15-11-16-17(19(4,5)6)14(3)21-18(20(7,8)9)22(16)12-15/h13-15H,11-12H2,1-10H3/t14-,15-/m0/s1. The second-order valence-electron chi connectivity index (χ2n) is 10.1. The molecule has 0 aromatic rings. The molecule has 150 valence electrons. The first kappa shape index (κ1) is 21.4. The van der Waals surface area contributed by atoms with E-state index < -0.39 is 10.0 Å². The Labute approximate surface area is 160 Å². The fourth-order valence-corrected chi connectivity index (χ4v) is 6.10. The summed E-state index contributed by atoms with van der Waals surface area (Å²) >= 11 is 0. The van der Waals surface area contributed by atoms with Gasteiger partial charge in [-0.25, -0.2) is 8.42 Å². The molecule has 2 aliphatic heterocycles. The number of sulfonamides is 1. The highest BCUT2D eigenvalue weighted by Gasteiger charge is 2.45. The van der Waals surface area contributed by atoms with E-state index in [0.29, 0.717) is 6.54 Å². The van der Waals surface area contributed by atoms with Crippen LogP contribution in [0.5, 0.6) is 0 Å². The van der Waals surface area contributed by atoms with Gasteiger partial charge in [0, 0.05) is 36.2 Å². The summed E-state index contributed by atoms with van der Waals surface area (Å²) < 4.78 is 26.6. The number of rotatable bonds is 3. The van der Waals surface area contributed by atoms with Crippen molar-refractivity contribution in [3.63, 3.8) is 0 Å². The molecule has 5 nitrogen and oxygen atoms in total. The molecule has 0 saturated carbocycles. The molecule has 2 aliphatic rings. The highest BCUT2D eigenvalue weighted by atomic mass is 32.2. The first-order valence-corrected chi connectivity index (χ1v) is 11.5. The van der Waals surface area contributed by atoms with Gasteiger partial charge in [-0.3, -0.25) is 4.99 Å². The normalized spacial score (nSPS) is 25.2. The van der Waals surface area contributed by atoms with Crippen molar-refractivity contribution < 1.29 is 8.42 Å². The van der Waals surface area contributed by atoms with Crippen molar-refractivity contribution in [1.82, 2.24) is 9.21 Å². The molecular formula is C20H37N3O2S. The summed E-state index contributed by atoms with van der Waals surface area (Å²) in [5, 5.41) is 0. The van der Waals surface area contributed by atoms with Crippen LogP contribution in [0.15, 0.2) is 16.3 Å². The molecule has 0 aliphatic carbocycles. The number of amidine groups is 1. The van der Waals surface area contributed by atoms with Gasteiger partial charge in [0.25, 0.3) is 0 Å². The van der Waals surface area contributed by atoms with E-state index in [-0.39, 0.29) is 29.0 Å². The fraction of sp³-hybridized carbons (Fsp3) is 0.850. The van der Waals surface area contributed by atoms with Crippen LogP contribution in [0.25, 0.3) is 0 Å². The van der Waals surface area contributed by atoms with Crippen LogP contribution in [-0.4, -0.2) is 54.4 Å². The topological polar surface area (TPSA) is 53.0 Å². The third-order valence-corrected chi connectivity index (χ3v) is 6.66. The second-order valence-corrected chi connectivity index (χ2v) is 12.0. The summed E-state index contributed by atoms with van der Waals surface area (Å²) in [7, 11) is -3.27. The van der Waals surface area contributed by atoms with Crippen LogP contribution in [0.2, 0.25) is 0 Å². The fourth-order valence-electron chi connectivity index (χ4n) is 4.65. The van der Waals surface area contributed by atoms with Gasteiger partial charge in [-0.1, -0.05) is 41.5 Å². The predicted molar refractivity (Wildman–Crippen MR) is 110 cm³/mol. The number of aliphatic imine (C=N–C) groups is 1. The first-order chi connectivity index (χ1) is 11.5. The maximum Gasteiger partial charge on any atom is 0.211 e. The molecule has 0 radical (unpaired) electrons. The number of hydrogen-bond acceptors (Lipinski definition) is 4. The zero-order valence-electron chi connectivity index (χ0n) is 18.2. The third kappa shape index (κ3) is 4.01. The molecule has 6 heteroatoms. The molecule has 2 heterocycles. The maximum absolute atomic E-state index is 12.4. The van der Waals surface area contributed by atoms with Crippen LogP contribution in [0.3, 0.4) is 0 Å². The van der Waals surface area contributed by atoms with Crippen LogP contribution < -0.4 is 0 Å². The molecule has 0 unspecified atom stereocenters. The van der Waals surface area contributed by atoms with Crippen molar-refractivity contribution in [2.24, 2.45) is 15.8 Å². The van der Waals surface area contributed by atoms with Crippen LogP contribution in [-0.2, 0) is 10.0 Å². The van der Waals surface area contributed by atoms with Gasteiger partial charge < -0.3 is 4.90 Å². The number of fused-ring (bicyclic) bond motifs is 1. The first-order valence-electron chi connectivity index (χ1n) is 9.63. The second kappa shape index (κ2) is 6.62. The Morgan fingerprint density at radius 3 is 2.04 bits per heavy atom. The molecule has 1 saturated heterocycles. The van der Waals surface area contributed by atoms with Gasteiger partial charge >= 0.3 is 0 Å². The van der Waals surface area contributed by atoms with Gasteiger partial charge in [-0.15, -0.1) is 0 Å². The lowest BCUT2D eigenvalue weighted by molar-refractivity contribution is 0.276. The van der Waals surface area contributed by atoms with E-state index in [0.717, 1.165) is 12.3 Å². The van der Waals surface area contributed by atoms with Crippen molar-refractivity contribution in [2.45, 2.75) is 86.9 Å². The summed E-state index contributed by atoms with van der Waals surface area (Å²) in [6, 6.07) is 0.0256. The predicted octanol–water partition coefficient (Wildman–Crippen LogP) is 3.88. The third-order valence-electron chi connectivity index (χ3n) is 5.18. The minimum Gasteiger partial charge on any atom is -0.332 e. The highest BCUT2D eigenvalue weighted by molar-refractivity contribution is 7.88. The van der Waals surface area contributed by atoms with Gasteiger partial charge in [0.05, 0.1) is 12.3 Å². The van der Waals surface area contributed by atoms with Crippen LogP contribution in [0, 0.1) is 10.8 Å². The van der Waals surface area contributed by atoms with E-state index in [1.54, 1.807) is 4.31 Å². The Bertz CT molecular complexity index is 721. The van der Waals surface area contributed by atoms with E-state index >= 15 is 0 Å². The summed E-state index contributed by atoms with van der Waals surface area (Å²) in [6.07, 6.45) is 2.09. The molecule has 0 N–H and O–H groups in total. The van der Waals surface area contributed by atoms with Crippen LogP contribution in [0.1, 0.15) is 68.7 Å². The minimum atomic E-state index is -3.27. The molecule has 0 amide bonds. The lowest BCUT2D eigenvalue weighted by atomic mass is 9.79. The van der Waals surface area contributed by atoms with Gasteiger partial charge in [0.2, 0.25) is 10.0 Å². The van der Waals surface area contributed by atoms with Crippen molar-refractivity contribution in [3.8, 4) is 0 Å². The van der Waals surface area contributed by atoms with E-state index in [9.17, 15) is 8.42 Å². The average Bonchev–Trinajstić information content (AvgIpc) is 2.75. The van der Waals surface area contributed by atoms with Crippen molar-refractivity contribution in [3.05, 3.63) is 11.3 Å². The molecular weight excluding hydrogens is 346 g/mol. The SMILES string of the molecule is CC(C)N([C@H]1CC2=C(C(C)(C)C)[C@H](C)N=C(C(C)(C)C)N2C1)S(C)(=O)=O. The van der Waals surface area contributed by atoms with Gasteiger partial charge in [-0.2, -0.15) is 4.31 Å². The lowest BCUT2D eigenvalue weighted by Crippen LogP contribution is -2.47. The maximum atomic E-state index is 12.4. The Morgan fingerprint density at radius 1 is 1.12 bits per heavy atom. The number of hydrogen-bond donors (Lipinski definition) is 0. The molecule has 0 spiro atoms. The van der Waals surface area contributed by atoms with Crippen LogP contribution in [0.4, 0.5) is 0 Å². The summed E-state index contributed by atoms with van der Waals surface area (Å²) in [5.74, 6) is 1.08. The van der Waals surface area contributed by atoms with Gasteiger partial charge in [-0.05, 0) is 31.8 Å². The lowest BCUT2D eigenvalue weighted by Gasteiger charge is -2.41. The molecule has 0 bridgehead atoms. The smallest absolute Gasteiger partial charge is 0.211 e. The van der Waals surface area contributed by atoms with Crippen molar-refractivity contribution in [2.75, 3.05) is 12.8 Å². The van der Waals surface area contributed by atoms with E-state index in [4.69, 9.17) is 4.99 Å². The molecule has 0 aromatic heterocycles. The Hall–Kier alpha value is -0.880. The van der Waals surface area contributed by atoms with Gasteiger partial charge in [0.1, 0.15) is 5.84 Å². The molecule has 2 rings (SSSR count). The summed E-state index contributed by atoms with van der Waals surface area (Å²) in [5.41, 5.74) is 2.54. The highest BCUT2D eigenvalue weighted by Crippen LogP contribution is 2.44. The Balaban J connectivity index is 2.58. The molecule has 1 fully saturated rings. The van der Waals surface area contributed by atoms with Crippen molar-refractivity contribution >= 4 is 15.9 Å². The van der Waals surface area contributed by atoms with Crippen molar-refractivity contribution in [1.29, 1.82) is 0 Å². The monoisotopic (exact) mass is 383 g/mol. The van der Waals surface area contributed by atoms with E-state index in [1.807, 2.05) is 13.8 Å². The molecule has 2 atom stereocenters. The van der Waals surface area contributed by atoms with E-state index in [2.05, 4.69) is 53.4 Å². The largest absolute Gasteiger partial charge is 0.332 e. The van der Waals surface area contributed by atoms with E-state index in [1.165, 1.54) is 17.5 Å². The van der Waals surface area contributed by atoms with Crippen LogP contribution >= 0.6 is 0 Å². The Kier molecular flexibility index (Phi) is 5.46. The molecule has 26 heavy (non-hydrogen) atoms. The zero-order chi connectivity index (χ0) is 20.2. The quantitative estimate of drug-likeness (QED) is 0.743. The average molecular weight is 384 g/mol. The zero-order valence-corrected chi connectivity index (χ0v) is 19.0. The summed E-state index contributed by atoms with van der Waals surface area (Å²) in [4.78, 5) is 7.37. The Morgan fingerprint density at radius 2 is 1.65 bits per heavy atom. The number of nitrogens with zero attached hydrogens (tertiary/aromatic N) is 3. The van der Waals surface area contributed by atoms with Gasteiger partial charge in [0.15, 0.2) is 0 Å². The summed E-state index contributed by atoms with van der Waals surface area (Å²) in [6.45, 7) is 20.0. The minimum absolute atomic E-state index is 0.00253. The molecule has 0 aromatic carbocycles.